The van der Waals surface area contributed by atoms with E-state index < -0.39 is 0 Å². The summed E-state index contributed by atoms with van der Waals surface area (Å²) in [5, 5.41) is 0. The van der Waals surface area contributed by atoms with Crippen molar-refractivity contribution in [3.8, 4) is 0 Å². The smallest absolute Gasteiger partial charge is 0.219 e. The predicted molar refractivity (Wildman–Crippen MR) is 63.8 cm³/mol. The van der Waals surface area contributed by atoms with Crippen molar-refractivity contribution in [2.24, 2.45) is 17.4 Å². The first-order valence-electron chi connectivity index (χ1n) is 6.24. The molecule has 16 heavy (non-hydrogen) atoms. The van der Waals surface area contributed by atoms with Gasteiger partial charge in [-0.15, -0.1) is 0 Å². The molecule has 1 aliphatic rings. The van der Waals surface area contributed by atoms with Gasteiger partial charge in [0.1, 0.15) is 0 Å². The SMILES string of the molecule is CCC1CCC(CN)(OCCC(N)=O)CC1. The second kappa shape index (κ2) is 6.21. The van der Waals surface area contributed by atoms with Crippen molar-refractivity contribution in [2.45, 2.75) is 51.0 Å². The van der Waals surface area contributed by atoms with Crippen molar-refractivity contribution in [2.75, 3.05) is 13.2 Å². The fourth-order valence-electron chi connectivity index (χ4n) is 2.39. The molecule has 0 aromatic rings. The number of rotatable bonds is 6. The standard InChI is InChI=1S/C12H24N2O2/c1-2-10-3-6-12(9-13,7-4-10)16-8-5-11(14)15/h10H,2-9,13H2,1H3,(H2,14,15). The molecule has 1 fully saturated rings. The number of hydrogen-bond acceptors (Lipinski definition) is 3. The molecule has 0 spiro atoms. The monoisotopic (exact) mass is 228 g/mol. The largest absolute Gasteiger partial charge is 0.373 e. The summed E-state index contributed by atoms with van der Waals surface area (Å²) in [5.41, 5.74) is 10.7. The Labute approximate surface area is 97.7 Å². The number of carbonyl (C=O) groups excluding carboxylic acids is 1. The van der Waals surface area contributed by atoms with E-state index in [1.807, 2.05) is 0 Å². The van der Waals surface area contributed by atoms with Gasteiger partial charge in [0.2, 0.25) is 5.91 Å². The summed E-state index contributed by atoms with van der Waals surface area (Å²) in [7, 11) is 0. The van der Waals surface area contributed by atoms with Gasteiger partial charge in [-0.3, -0.25) is 4.79 Å². The van der Waals surface area contributed by atoms with Crippen molar-refractivity contribution in [3.63, 3.8) is 0 Å². The third kappa shape index (κ3) is 3.76. The molecule has 0 saturated heterocycles. The Morgan fingerprint density at radius 2 is 2.06 bits per heavy atom. The van der Waals surface area contributed by atoms with Crippen molar-refractivity contribution in [1.29, 1.82) is 0 Å². The van der Waals surface area contributed by atoms with E-state index in [0.717, 1.165) is 18.8 Å². The molecule has 1 amide bonds. The molecule has 94 valence electrons. The van der Waals surface area contributed by atoms with Gasteiger partial charge in [0.25, 0.3) is 0 Å². The average Bonchev–Trinajstić information content (AvgIpc) is 2.29. The first-order valence-corrected chi connectivity index (χ1v) is 6.24. The van der Waals surface area contributed by atoms with Crippen LogP contribution < -0.4 is 11.5 Å². The van der Waals surface area contributed by atoms with E-state index in [1.54, 1.807) is 0 Å². The van der Waals surface area contributed by atoms with E-state index in [1.165, 1.54) is 19.3 Å². The van der Waals surface area contributed by atoms with Gasteiger partial charge in [-0.1, -0.05) is 13.3 Å². The zero-order chi connectivity index (χ0) is 12.0. The Balaban J connectivity index is 2.37. The van der Waals surface area contributed by atoms with Gasteiger partial charge < -0.3 is 16.2 Å². The van der Waals surface area contributed by atoms with E-state index in [0.29, 0.717) is 19.6 Å². The highest BCUT2D eigenvalue weighted by Gasteiger charge is 2.34. The van der Waals surface area contributed by atoms with Crippen molar-refractivity contribution < 1.29 is 9.53 Å². The number of amides is 1. The molecular weight excluding hydrogens is 204 g/mol. The summed E-state index contributed by atoms with van der Waals surface area (Å²) in [4.78, 5) is 10.6. The van der Waals surface area contributed by atoms with Gasteiger partial charge in [0, 0.05) is 13.0 Å². The van der Waals surface area contributed by atoms with Gasteiger partial charge in [-0.05, 0) is 31.6 Å². The second-order valence-electron chi connectivity index (χ2n) is 4.80. The molecule has 0 aromatic carbocycles. The van der Waals surface area contributed by atoms with Crippen LogP contribution in [0.5, 0.6) is 0 Å². The van der Waals surface area contributed by atoms with E-state index in [2.05, 4.69) is 6.92 Å². The van der Waals surface area contributed by atoms with Crippen molar-refractivity contribution in [3.05, 3.63) is 0 Å². The van der Waals surface area contributed by atoms with Crippen molar-refractivity contribution in [1.82, 2.24) is 0 Å². The lowest BCUT2D eigenvalue weighted by molar-refractivity contribution is -0.122. The molecule has 0 unspecified atom stereocenters. The van der Waals surface area contributed by atoms with Crippen LogP contribution in [0.15, 0.2) is 0 Å². The minimum atomic E-state index is -0.311. The molecule has 0 radical (unpaired) electrons. The number of carbonyl (C=O) groups is 1. The van der Waals surface area contributed by atoms with Gasteiger partial charge in [-0.25, -0.2) is 0 Å². The van der Waals surface area contributed by atoms with Crippen molar-refractivity contribution >= 4 is 5.91 Å². The Morgan fingerprint density at radius 3 is 2.50 bits per heavy atom. The molecule has 0 bridgehead atoms. The number of ether oxygens (including phenoxy) is 1. The lowest BCUT2D eigenvalue weighted by atomic mass is 9.77. The molecule has 1 aliphatic carbocycles. The maximum absolute atomic E-state index is 10.6. The van der Waals surface area contributed by atoms with E-state index in [4.69, 9.17) is 16.2 Å². The molecule has 0 heterocycles. The third-order valence-electron chi connectivity index (χ3n) is 3.72. The Hall–Kier alpha value is -0.610. The molecule has 0 atom stereocenters. The highest BCUT2D eigenvalue weighted by molar-refractivity contribution is 5.73. The fourth-order valence-corrected chi connectivity index (χ4v) is 2.39. The van der Waals surface area contributed by atoms with Gasteiger partial charge in [0.05, 0.1) is 12.2 Å². The maximum atomic E-state index is 10.6. The predicted octanol–water partition coefficient (Wildman–Crippen LogP) is 1.18. The molecule has 1 rings (SSSR count). The van der Waals surface area contributed by atoms with Crippen LogP contribution in [0.4, 0.5) is 0 Å². The normalized spacial score (nSPS) is 30.2. The Kier molecular flexibility index (Phi) is 5.22. The van der Waals surface area contributed by atoms with Gasteiger partial charge >= 0.3 is 0 Å². The first kappa shape index (κ1) is 13.5. The number of primary amides is 1. The summed E-state index contributed by atoms with van der Waals surface area (Å²) in [6, 6.07) is 0. The summed E-state index contributed by atoms with van der Waals surface area (Å²) >= 11 is 0. The Morgan fingerprint density at radius 1 is 1.44 bits per heavy atom. The summed E-state index contributed by atoms with van der Waals surface area (Å²) in [6.07, 6.45) is 5.93. The van der Waals surface area contributed by atoms with Gasteiger partial charge in [-0.2, -0.15) is 0 Å². The minimum Gasteiger partial charge on any atom is -0.373 e. The molecule has 0 aliphatic heterocycles. The third-order valence-corrected chi connectivity index (χ3v) is 3.72. The van der Waals surface area contributed by atoms with Crippen LogP contribution in [-0.2, 0) is 9.53 Å². The van der Waals surface area contributed by atoms with Crippen LogP contribution in [0.1, 0.15) is 45.4 Å². The number of hydrogen-bond donors (Lipinski definition) is 2. The zero-order valence-corrected chi connectivity index (χ0v) is 10.2. The molecule has 4 N–H and O–H groups in total. The number of nitrogens with two attached hydrogens (primary N) is 2. The molecule has 1 saturated carbocycles. The Bertz CT molecular complexity index is 223. The maximum Gasteiger partial charge on any atom is 0.219 e. The summed E-state index contributed by atoms with van der Waals surface area (Å²) in [5.74, 6) is 0.508. The average molecular weight is 228 g/mol. The van der Waals surface area contributed by atoms with Crippen LogP contribution in [0.25, 0.3) is 0 Å². The van der Waals surface area contributed by atoms with Crippen LogP contribution >= 0.6 is 0 Å². The highest BCUT2D eigenvalue weighted by atomic mass is 16.5. The summed E-state index contributed by atoms with van der Waals surface area (Å²) < 4.78 is 5.80. The molecule has 4 nitrogen and oxygen atoms in total. The topological polar surface area (TPSA) is 78.3 Å². The zero-order valence-electron chi connectivity index (χ0n) is 10.2. The highest BCUT2D eigenvalue weighted by Crippen LogP contribution is 2.35. The van der Waals surface area contributed by atoms with Crippen LogP contribution in [-0.4, -0.2) is 24.7 Å². The van der Waals surface area contributed by atoms with E-state index >= 15 is 0 Å². The second-order valence-corrected chi connectivity index (χ2v) is 4.80. The lowest BCUT2D eigenvalue weighted by Crippen LogP contribution is -2.44. The van der Waals surface area contributed by atoms with E-state index in [9.17, 15) is 4.79 Å². The molecule has 4 heteroatoms. The fraction of sp³-hybridized carbons (Fsp3) is 0.917. The molecule has 0 aromatic heterocycles. The van der Waals surface area contributed by atoms with Gasteiger partial charge in [0.15, 0.2) is 0 Å². The van der Waals surface area contributed by atoms with Crippen LogP contribution in [0.3, 0.4) is 0 Å². The molecular formula is C12H24N2O2. The van der Waals surface area contributed by atoms with Crippen LogP contribution in [0.2, 0.25) is 0 Å². The quantitative estimate of drug-likeness (QED) is 0.716. The first-order chi connectivity index (χ1) is 7.62. The minimum absolute atomic E-state index is 0.193. The summed E-state index contributed by atoms with van der Waals surface area (Å²) in [6.45, 7) is 3.18. The van der Waals surface area contributed by atoms with Crippen LogP contribution in [0, 0.1) is 5.92 Å². The lowest BCUT2D eigenvalue weighted by Gasteiger charge is -2.39. The van der Waals surface area contributed by atoms with E-state index in [-0.39, 0.29) is 11.5 Å².